The number of aromatic nitrogens is 4. The molecule has 0 aromatic rings. The summed E-state index contributed by atoms with van der Waals surface area (Å²) < 4.78 is 20.5. The van der Waals surface area contributed by atoms with Gasteiger partial charge in [-0.25, -0.2) is 19.3 Å². The van der Waals surface area contributed by atoms with Gasteiger partial charge in [0.1, 0.15) is 24.2 Å². The lowest BCUT2D eigenvalue weighted by molar-refractivity contribution is -0.0478. The van der Waals surface area contributed by atoms with Crippen molar-refractivity contribution in [3.8, 4) is 11.5 Å². The van der Waals surface area contributed by atoms with Crippen LogP contribution in [0, 0.1) is 0 Å². The smallest absolute Gasteiger partial charge is 0.182 e. The van der Waals surface area contributed by atoms with E-state index in [2.05, 4.69) is 15.0 Å². The fraction of sp³-hybridized carbons (Fsp3) is 0.500. The van der Waals surface area contributed by atoms with Gasteiger partial charge in [-0.15, -0.1) is 0 Å². The first-order chi connectivity index (χ1) is 8.70. The predicted octanol–water partition coefficient (Wildman–Crippen LogP) is -0.633. The Hall–Kier alpha value is -1.64. The summed E-state index contributed by atoms with van der Waals surface area (Å²) in [5, 5.41) is 18.5. The maximum Gasteiger partial charge on any atom is 0.182 e. The number of halogens is 1. The molecule has 0 aromatic heterocycles. The Labute approximate surface area is 101 Å². The van der Waals surface area contributed by atoms with Gasteiger partial charge in [0.25, 0.3) is 0 Å². The Kier molecular flexibility index (Phi) is 2.69. The molecule has 0 aromatic carbocycles. The summed E-state index contributed by atoms with van der Waals surface area (Å²) in [5.74, 6) is 0.457. The Bertz CT molecular complexity index is 522. The van der Waals surface area contributed by atoms with Crippen LogP contribution in [0.15, 0.2) is 18.9 Å². The van der Waals surface area contributed by atoms with Crippen LogP contribution in [0.5, 0.6) is 0 Å². The summed E-state index contributed by atoms with van der Waals surface area (Å²) in [7, 11) is 0. The number of aliphatic hydroxyl groups is 2. The molecule has 3 aliphatic heterocycles. The van der Waals surface area contributed by atoms with Crippen molar-refractivity contribution < 1.29 is 19.3 Å². The second kappa shape index (κ2) is 4.23. The van der Waals surface area contributed by atoms with E-state index in [0.717, 1.165) is 0 Å². The van der Waals surface area contributed by atoms with Crippen LogP contribution in [0.2, 0.25) is 0 Å². The third-order valence-electron chi connectivity index (χ3n) is 2.96. The summed E-state index contributed by atoms with van der Waals surface area (Å²) >= 11 is 0. The van der Waals surface area contributed by atoms with Gasteiger partial charge < -0.3 is 19.5 Å². The number of ether oxygens (including phenoxy) is 1. The van der Waals surface area contributed by atoms with Gasteiger partial charge in [0.15, 0.2) is 18.2 Å². The summed E-state index contributed by atoms with van der Waals surface area (Å²) in [6.45, 7) is -0.440. The molecular weight excluding hydrogens is 243 g/mol. The average Bonchev–Trinajstić information content (AvgIpc) is 2.95. The van der Waals surface area contributed by atoms with Crippen LogP contribution in [0.1, 0.15) is 6.23 Å². The maximum atomic E-state index is 13.9. The summed E-state index contributed by atoms with van der Waals surface area (Å²) in [5.41, 5.74) is 0.509. The van der Waals surface area contributed by atoms with E-state index in [-0.39, 0.29) is 0 Å². The summed E-state index contributed by atoms with van der Waals surface area (Å²) in [4.78, 5) is 11.8. The van der Waals surface area contributed by atoms with Crippen LogP contribution in [0.4, 0.5) is 4.39 Å². The number of alkyl halides is 1. The molecule has 1 fully saturated rings. The second-order valence-corrected chi connectivity index (χ2v) is 4.09. The van der Waals surface area contributed by atoms with Gasteiger partial charge in [-0.2, -0.15) is 0 Å². The Morgan fingerprint density at radius 3 is 2.94 bits per heavy atom. The number of aliphatic hydroxyl groups excluding tert-OH is 2. The molecule has 0 spiro atoms. The third kappa shape index (κ3) is 1.65. The van der Waals surface area contributed by atoms with Crippen molar-refractivity contribution in [2.45, 2.75) is 24.6 Å². The first kappa shape index (κ1) is 11.5. The van der Waals surface area contributed by atoms with E-state index in [0.29, 0.717) is 11.5 Å². The molecule has 1 saturated heterocycles. The van der Waals surface area contributed by atoms with E-state index in [1.165, 1.54) is 17.2 Å². The number of rotatable bonds is 2. The monoisotopic (exact) mass is 254 g/mol. The minimum Gasteiger partial charge on any atom is -0.394 e. The largest absolute Gasteiger partial charge is 0.394 e. The molecule has 0 unspecified atom stereocenters. The molecule has 96 valence electrons. The SMILES string of the molecule is OC[C@H]1O[C@@H](n2cnc3ncnc-3c2)[C@@H](F)[C@@H]1O. The van der Waals surface area contributed by atoms with Gasteiger partial charge >= 0.3 is 0 Å². The molecule has 4 atom stereocenters. The molecule has 2 N–H and O–H groups in total. The van der Waals surface area contributed by atoms with Gasteiger partial charge in [-0.05, 0) is 0 Å². The van der Waals surface area contributed by atoms with Crippen LogP contribution >= 0.6 is 0 Å². The highest BCUT2D eigenvalue weighted by atomic mass is 19.1. The maximum absolute atomic E-state index is 13.9. The number of fused-ring (bicyclic) bond motifs is 1. The van der Waals surface area contributed by atoms with Gasteiger partial charge in [0, 0.05) is 6.20 Å². The highest BCUT2D eigenvalue weighted by molar-refractivity contribution is 5.47. The number of nitrogens with zero attached hydrogens (tertiary/aromatic N) is 4. The number of imidazole rings is 1. The molecule has 18 heavy (non-hydrogen) atoms. The number of hydrogen-bond acceptors (Lipinski definition) is 6. The molecule has 7 nitrogen and oxygen atoms in total. The van der Waals surface area contributed by atoms with E-state index in [4.69, 9.17) is 9.84 Å². The molecule has 0 bridgehead atoms. The highest BCUT2D eigenvalue weighted by Crippen LogP contribution is 2.32. The van der Waals surface area contributed by atoms with E-state index >= 15 is 0 Å². The van der Waals surface area contributed by atoms with Crippen LogP contribution in [-0.2, 0) is 4.74 Å². The van der Waals surface area contributed by atoms with Crippen LogP contribution in [0.25, 0.3) is 11.5 Å². The molecule has 3 heterocycles. The molecule has 8 heteroatoms. The van der Waals surface area contributed by atoms with Crippen molar-refractivity contribution in [2.75, 3.05) is 6.61 Å². The molecular formula is C10H11FN4O3. The summed E-state index contributed by atoms with van der Waals surface area (Å²) in [6, 6.07) is 0. The van der Waals surface area contributed by atoms with Gasteiger partial charge in [-0.1, -0.05) is 0 Å². The second-order valence-electron chi connectivity index (χ2n) is 4.09. The van der Waals surface area contributed by atoms with E-state index in [9.17, 15) is 9.50 Å². The van der Waals surface area contributed by atoms with Crippen molar-refractivity contribution >= 4 is 0 Å². The van der Waals surface area contributed by atoms with Crippen LogP contribution in [0.3, 0.4) is 0 Å². The van der Waals surface area contributed by atoms with Gasteiger partial charge in [-0.3, -0.25) is 0 Å². The fourth-order valence-corrected chi connectivity index (χ4v) is 1.99. The predicted molar refractivity (Wildman–Crippen MR) is 56.3 cm³/mol. The van der Waals surface area contributed by atoms with Gasteiger partial charge in [0.05, 0.1) is 12.9 Å². The minimum atomic E-state index is -1.63. The van der Waals surface area contributed by atoms with Crippen LogP contribution < -0.4 is 0 Å². The lowest BCUT2D eigenvalue weighted by atomic mass is 10.1. The first-order valence-corrected chi connectivity index (χ1v) is 5.43. The normalized spacial score (nSPS) is 32.2. The molecule has 0 saturated carbocycles. The lowest BCUT2D eigenvalue weighted by Crippen LogP contribution is -2.30. The summed E-state index contributed by atoms with van der Waals surface area (Å²) in [6.07, 6.45) is -0.678. The third-order valence-corrected chi connectivity index (χ3v) is 2.96. The quantitative estimate of drug-likeness (QED) is 0.741. The molecule has 0 radical (unpaired) electrons. The molecule has 3 rings (SSSR count). The Balaban J connectivity index is 1.93. The minimum absolute atomic E-state index is 0.440. The highest BCUT2D eigenvalue weighted by Gasteiger charge is 2.44. The van der Waals surface area contributed by atoms with Crippen LogP contribution in [-0.4, -0.2) is 54.7 Å². The average molecular weight is 254 g/mol. The molecule has 0 aliphatic carbocycles. The Morgan fingerprint density at radius 2 is 2.22 bits per heavy atom. The van der Waals surface area contributed by atoms with Crippen molar-refractivity contribution in [3.05, 3.63) is 18.9 Å². The zero-order chi connectivity index (χ0) is 12.7. The lowest BCUT2D eigenvalue weighted by Gasteiger charge is -2.17. The van der Waals surface area contributed by atoms with E-state index in [1.807, 2.05) is 0 Å². The van der Waals surface area contributed by atoms with Crippen molar-refractivity contribution in [1.29, 1.82) is 0 Å². The molecule has 3 aliphatic rings. The van der Waals surface area contributed by atoms with Crippen molar-refractivity contribution in [3.63, 3.8) is 0 Å². The zero-order valence-electron chi connectivity index (χ0n) is 9.22. The van der Waals surface area contributed by atoms with E-state index in [1.54, 1.807) is 6.20 Å². The zero-order valence-corrected chi connectivity index (χ0v) is 9.22. The number of hydrogen-bond donors (Lipinski definition) is 2. The first-order valence-electron chi connectivity index (χ1n) is 5.43. The standard InChI is InChI=1S/C10H11FN4O3/c11-7-8(17)6(2-16)18-10(7)15-1-5-9(14-4-15)13-3-12-5/h1,3-4,6-8,10,16-17H,2H2/t6-,7+,8-,10-/m1/s1. The van der Waals surface area contributed by atoms with Crippen molar-refractivity contribution in [2.24, 2.45) is 0 Å². The van der Waals surface area contributed by atoms with Crippen molar-refractivity contribution in [1.82, 2.24) is 19.5 Å². The molecule has 0 amide bonds. The Morgan fingerprint density at radius 1 is 1.39 bits per heavy atom. The topological polar surface area (TPSA) is 93.3 Å². The van der Waals surface area contributed by atoms with E-state index < -0.39 is 31.2 Å². The van der Waals surface area contributed by atoms with Gasteiger partial charge in [0.2, 0.25) is 0 Å². The fourth-order valence-electron chi connectivity index (χ4n) is 1.99.